The number of rotatable bonds is 2. The number of likely N-dealkylation sites (tertiary alicyclic amines) is 1. The van der Waals surface area contributed by atoms with Gasteiger partial charge in [-0.05, 0) is 34.9 Å². The molecule has 0 radical (unpaired) electrons. The van der Waals surface area contributed by atoms with E-state index in [1.165, 1.54) is 4.90 Å². The Balaban J connectivity index is 2.54. The predicted molar refractivity (Wildman–Crippen MR) is 64.9 cm³/mol. The molecule has 1 unspecified atom stereocenters. The van der Waals surface area contributed by atoms with E-state index in [1.807, 2.05) is 39.8 Å². The van der Waals surface area contributed by atoms with Crippen molar-refractivity contribution in [3.63, 3.8) is 0 Å². The Labute approximate surface area is 103 Å². The summed E-state index contributed by atoms with van der Waals surface area (Å²) < 4.78 is 5.24. The Hall–Kier alpha value is -1.10. The number of ether oxygens (including phenoxy) is 1. The lowest BCUT2D eigenvalue weighted by molar-refractivity contribution is -0.120. The monoisotopic (exact) mass is 242 g/mol. The van der Waals surface area contributed by atoms with Crippen molar-refractivity contribution < 1.29 is 14.3 Å². The molecule has 1 heterocycles. The van der Waals surface area contributed by atoms with Gasteiger partial charge in [0, 0.05) is 19.0 Å². The van der Waals surface area contributed by atoms with E-state index in [9.17, 15) is 9.59 Å². The molecule has 0 N–H and O–H groups in total. The average Bonchev–Trinajstić information content (AvgIpc) is 2.44. The van der Waals surface area contributed by atoms with Crippen molar-refractivity contribution in [2.45, 2.75) is 26.4 Å². The molecule has 17 heavy (non-hydrogen) atoms. The lowest BCUT2D eigenvalue weighted by Gasteiger charge is -2.24. The number of hydrogen-bond acceptors (Lipinski definition) is 4. The van der Waals surface area contributed by atoms with Crippen molar-refractivity contribution in [1.82, 2.24) is 9.80 Å². The van der Waals surface area contributed by atoms with E-state index < -0.39 is 11.7 Å². The van der Waals surface area contributed by atoms with Crippen LogP contribution in [0.15, 0.2) is 0 Å². The first-order valence-electron chi connectivity index (χ1n) is 5.84. The van der Waals surface area contributed by atoms with Gasteiger partial charge in [0.1, 0.15) is 5.60 Å². The summed E-state index contributed by atoms with van der Waals surface area (Å²) in [4.78, 5) is 26.9. The molecule has 1 amide bonds. The van der Waals surface area contributed by atoms with Crippen LogP contribution in [0.25, 0.3) is 0 Å². The summed E-state index contributed by atoms with van der Waals surface area (Å²) in [6.45, 7) is 6.78. The lowest BCUT2D eigenvalue weighted by Crippen LogP contribution is -2.36. The minimum Gasteiger partial charge on any atom is -0.444 e. The highest BCUT2D eigenvalue weighted by molar-refractivity contribution is 5.89. The zero-order valence-corrected chi connectivity index (χ0v) is 11.3. The van der Waals surface area contributed by atoms with E-state index in [-0.39, 0.29) is 18.2 Å². The maximum atomic E-state index is 11.8. The van der Waals surface area contributed by atoms with Crippen LogP contribution in [-0.4, -0.2) is 61.0 Å². The van der Waals surface area contributed by atoms with Crippen LogP contribution in [0.5, 0.6) is 0 Å². The van der Waals surface area contributed by atoms with Crippen LogP contribution in [0.2, 0.25) is 0 Å². The van der Waals surface area contributed by atoms with Gasteiger partial charge in [-0.3, -0.25) is 4.79 Å². The number of carbonyl (C=O) groups is 2. The fourth-order valence-electron chi connectivity index (χ4n) is 1.82. The first-order chi connectivity index (χ1) is 7.69. The van der Waals surface area contributed by atoms with Crippen molar-refractivity contribution in [2.75, 3.05) is 33.7 Å². The second-order valence-electron chi connectivity index (χ2n) is 5.79. The van der Waals surface area contributed by atoms with Crippen molar-refractivity contribution in [3.8, 4) is 0 Å². The summed E-state index contributed by atoms with van der Waals surface area (Å²) in [5.41, 5.74) is -0.514. The van der Waals surface area contributed by atoms with E-state index in [1.54, 1.807) is 0 Å². The standard InChI is InChI=1S/C12H22N2O3/c1-12(2,3)17-11(16)14-7-9(6-13(4)5)10(15)8-14/h9H,6-8H2,1-5H3. The molecule has 5 heteroatoms. The topological polar surface area (TPSA) is 49.9 Å². The fraction of sp³-hybridized carbons (Fsp3) is 0.833. The molecule has 1 aliphatic rings. The second-order valence-corrected chi connectivity index (χ2v) is 5.79. The molecule has 1 saturated heterocycles. The zero-order chi connectivity index (χ0) is 13.2. The van der Waals surface area contributed by atoms with E-state index in [4.69, 9.17) is 4.74 Å². The largest absolute Gasteiger partial charge is 0.444 e. The minimum atomic E-state index is -0.514. The van der Waals surface area contributed by atoms with Crippen LogP contribution >= 0.6 is 0 Å². The third kappa shape index (κ3) is 4.34. The van der Waals surface area contributed by atoms with Crippen LogP contribution < -0.4 is 0 Å². The molecule has 0 aromatic heterocycles. The van der Waals surface area contributed by atoms with Gasteiger partial charge in [-0.2, -0.15) is 0 Å². The van der Waals surface area contributed by atoms with Crippen LogP contribution in [0, 0.1) is 5.92 Å². The average molecular weight is 242 g/mol. The SMILES string of the molecule is CN(C)CC1CN(C(=O)OC(C)(C)C)CC1=O. The van der Waals surface area contributed by atoms with Gasteiger partial charge in [-0.25, -0.2) is 4.79 Å². The molecular weight excluding hydrogens is 220 g/mol. The van der Waals surface area contributed by atoms with Gasteiger partial charge >= 0.3 is 6.09 Å². The third-order valence-electron chi connectivity index (χ3n) is 2.48. The summed E-state index contributed by atoms with van der Waals surface area (Å²) in [5, 5.41) is 0. The van der Waals surface area contributed by atoms with E-state index in [0.717, 1.165) is 0 Å². The molecule has 1 aliphatic heterocycles. The van der Waals surface area contributed by atoms with Crippen molar-refractivity contribution >= 4 is 11.9 Å². The number of nitrogens with zero attached hydrogens (tertiary/aromatic N) is 2. The Morgan fingerprint density at radius 3 is 2.53 bits per heavy atom. The fourth-order valence-corrected chi connectivity index (χ4v) is 1.82. The zero-order valence-electron chi connectivity index (χ0n) is 11.3. The summed E-state index contributed by atoms with van der Waals surface area (Å²) in [6.07, 6.45) is -0.396. The molecule has 0 saturated carbocycles. The van der Waals surface area contributed by atoms with Crippen LogP contribution in [0.1, 0.15) is 20.8 Å². The van der Waals surface area contributed by atoms with Crippen molar-refractivity contribution in [1.29, 1.82) is 0 Å². The Morgan fingerprint density at radius 1 is 1.47 bits per heavy atom. The van der Waals surface area contributed by atoms with Gasteiger partial charge in [-0.1, -0.05) is 0 Å². The molecule has 0 bridgehead atoms. The van der Waals surface area contributed by atoms with E-state index in [0.29, 0.717) is 13.1 Å². The van der Waals surface area contributed by atoms with Crippen LogP contribution in [0.3, 0.4) is 0 Å². The molecule has 0 aromatic carbocycles. The molecule has 0 spiro atoms. The molecule has 1 fully saturated rings. The normalized spacial score (nSPS) is 21.2. The molecular formula is C12H22N2O3. The van der Waals surface area contributed by atoms with Gasteiger partial charge < -0.3 is 14.5 Å². The Morgan fingerprint density at radius 2 is 2.06 bits per heavy atom. The van der Waals surface area contributed by atoms with E-state index in [2.05, 4.69) is 0 Å². The van der Waals surface area contributed by atoms with Crippen molar-refractivity contribution in [2.24, 2.45) is 5.92 Å². The highest BCUT2D eigenvalue weighted by Crippen LogP contribution is 2.17. The Kier molecular flexibility index (Phi) is 4.14. The first-order valence-corrected chi connectivity index (χ1v) is 5.84. The number of hydrogen-bond donors (Lipinski definition) is 0. The smallest absolute Gasteiger partial charge is 0.410 e. The summed E-state index contributed by atoms with van der Waals surface area (Å²) >= 11 is 0. The van der Waals surface area contributed by atoms with Crippen LogP contribution in [-0.2, 0) is 9.53 Å². The van der Waals surface area contributed by atoms with Gasteiger partial charge in [0.2, 0.25) is 0 Å². The quantitative estimate of drug-likeness (QED) is 0.724. The van der Waals surface area contributed by atoms with Crippen LogP contribution in [0.4, 0.5) is 4.79 Å². The number of carbonyl (C=O) groups excluding carboxylic acids is 2. The highest BCUT2D eigenvalue weighted by Gasteiger charge is 2.35. The number of amides is 1. The first kappa shape index (κ1) is 14.0. The highest BCUT2D eigenvalue weighted by atomic mass is 16.6. The third-order valence-corrected chi connectivity index (χ3v) is 2.48. The summed E-state index contributed by atoms with van der Waals surface area (Å²) in [6, 6.07) is 0. The van der Waals surface area contributed by atoms with Gasteiger partial charge in [-0.15, -0.1) is 0 Å². The molecule has 5 nitrogen and oxygen atoms in total. The maximum absolute atomic E-state index is 11.8. The van der Waals surface area contributed by atoms with Gasteiger partial charge in [0.15, 0.2) is 5.78 Å². The number of Topliss-reactive ketones (excluding diaryl/α,β-unsaturated/α-hetero) is 1. The maximum Gasteiger partial charge on any atom is 0.410 e. The molecule has 1 atom stereocenters. The van der Waals surface area contributed by atoms with Crippen molar-refractivity contribution in [3.05, 3.63) is 0 Å². The lowest BCUT2D eigenvalue weighted by atomic mass is 10.1. The molecule has 0 aromatic rings. The summed E-state index contributed by atoms with van der Waals surface area (Å²) in [5.74, 6) is 0.0297. The van der Waals surface area contributed by atoms with Gasteiger partial charge in [0.25, 0.3) is 0 Å². The molecule has 1 rings (SSSR count). The van der Waals surface area contributed by atoms with E-state index >= 15 is 0 Å². The summed E-state index contributed by atoms with van der Waals surface area (Å²) in [7, 11) is 3.84. The molecule has 0 aliphatic carbocycles. The number of ketones is 1. The minimum absolute atomic E-state index is 0.0856. The molecule has 98 valence electrons. The predicted octanol–water partition coefficient (Wildman–Crippen LogP) is 0.984. The second kappa shape index (κ2) is 5.04. The van der Waals surface area contributed by atoms with Gasteiger partial charge in [0.05, 0.1) is 6.54 Å². The Bertz CT molecular complexity index is 307.